The Bertz CT molecular complexity index is 910. The van der Waals surface area contributed by atoms with Gasteiger partial charge in [0, 0.05) is 17.9 Å². The molecule has 1 fully saturated rings. The van der Waals surface area contributed by atoms with Crippen molar-refractivity contribution in [1.82, 2.24) is 19.5 Å². The zero-order valence-corrected chi connectivity index (χ0v) is 13.1. The van der Waals surface area contributed by atoms with Crippen LogP contribution in [0.1, 0.15) is 40.6 Å². The van der Waals surface area contributed by atoms with Gasteiger partial charge in [-0.1, -0.05) is 0 Å². The number of amides is 1. The quantitative estimate of drug-likeness (QED) is 0.807. The van der Waals surface area contributed by atoms with Gasteiger partial charge in [0.2, 0.25) is 0 Å². The predicted octanol–water partition coefficient (Wildman–Crippen LogP) is 3.03. The maximum Gasteiger partial charge on any atom is 0.257 e. The summed E-state index contributed by atoms with van der Waals surface area (Å²) >= 11 is 0. The van der Waals surface area contributed by atoms with Crippen molar-refractivity contribution in [2.45, 2.75) is 32.7 Å². The summed E-state index contributed by atoms with van der Waals surface area (Å²) in [6.07, 6.45) is 5.77. The Labute approximate surface area is 133 Å². The van der Waals surface area contributed by atoms with Crippen molar-refractivity contribution in [3.63, 3.8) is 0 Å². The molecule has 1 aliphatic carbocycles. The number of nitrogens with zero attached hydrogens (tertiary/aromatic N) is 4. The Morgan fingerprint density at radius 3 is 2.83 bits per heavy atom. The van der Waals surface area contributed by atoms with Crippen molar-refractivity contribution in [1.29, 1.82) is 0 Å². The van der Waals surface area contributed by atoms with Crippen molar-refractivity contribution in [3.05, 3.63) is 47.7 Å². The minimum Gasteiger partial charge on any atom is -0.320 e. The maximum absolute atomic E-state index is 12.4. The lowest BCUT2D eigenvalue weighted by molar-refractivity contribution is 0.102. The Morgan fingerprint density at radius 2 is 2.09 bits per heavy atom. The first-order valence-electron chi connectivity index (χ1n) is 7.70. The minimum absolute atomic E-state index is 0.200. The van der Waals surface area contributed by atoms with Gasteiger partial charge in [-0.3, -0.25) is 9.78 Å². The van der Waals surface area contributed by atoms with Crippen molar-refractivity contribution < 1.29 is 4.79 Å². The summed E-state index contributed by atoms with van der Waals surface area (Å²) in [4.78, 5) is 25.6. The van der Waals surface area contributed by atoms with E-state index in [0.29, 0.717) is 17.3 Å². The smallest absolute Gasteiger partial charge is 0.257 e. The summed E-state index contributed by atoms with van der Waals surface area (Å²) in [5, 5.41) is 2.88. The van der Waals surface area contributed by atoms with Crippen LogP contribution < -0.4 is 5.32 Å². The normalized spacial score (nSPS) is 14.2. The van der Waals surface area contributed by atoms with Crippen molar-refractivity contribution >= 4 is 22.8 Å². The van der Waals surface area contributed by atoms with Gasteiger partial charge in [-0.15, -0.1) is 0 Å². The fraction of sp³-hybridized carbons (Fsp3) is 0.294. The predicted molar refractivity (Wildman–Crippen MR) is 87.5 cm³/mol. The number of nitrogens with one attached hydrogen (secondary N) is 1. The highest BCUT2D eigenvalue weighted by Gasteiger charge is 2.25. The van der Waals surface area contributed by atoms with E-state index in [0.717, 1.165) is 22.6 Å². The van der Waals surface area contributed by atoms with Crippen LogP contribution in [-0.4, -0.2) is 25.4 Å². The van der Waals surface area contributed by atoms with E-state index in [9.17, 15) is 4.79 Å². The molecule has 0 aromatic carbocycles. The third kappa shape index (κ3) is 2.56. The topological polar surface area (TPSA) is 72.7 Å². The first-order valence-corrected chi connectivity index (χ1v) is 7.70. The third-order valence-electron chi connectivity index (χ3n) is 4.09. The maximum atomic E-state index is 12.4. The highest BCUT2D eigenvalue weighted by atomic mass is 16.1. The number of aromatic nitrogens is 4. The zero-order valence-electron chi connectivity index (χ0n) is 13.1. The number of carbonyl (C=O) groups is 1. The van der Waals surface area contributed by atoms with Gasteiger partial charge in [-0.25, -0.2) is 9.97 Å². The number of carbonyl (C=O) groups excluding carboxylic acids is 1. The second-order valence-corrected chi connectivity index (χ2v) is 5.99. The van der Waals surface area contributed by atoms with E-state index < -0.39 is 0 Å². The summed E-state index contributed by atoms with van der Waals surface area (Å²) in [5.41, 5.74) is 4.53. The van der Waals surface area contributed by atoms with Gasteiger partial charge in [0.25, 0.3) is 5.91 Å². The number of pyridine rings is 2. The van der Waals surface area contributed by atoms with Crippen LogP contribution in [0.5, 0.6) is 0 Å². The number of imidazole rings is 1. The SMILES string of the molecule is Cc1ccc(NC(=O)c2cnc3c(c2)ncn3C2CC2)c(C)n1. The Kier molecular flexibility index (Phi) is 3.11. The summed E-state index contributed by atoms with van der Waals surface area (Å²) in [7, 11) is 0. The molecule has 1 aliphatic rings. The number of rotatable bonds is 3. The van der Waals surface area contributed by atoms with E-state index in [1.54, 1.807) is 12.3 Å². The highest BCUT2D eigenvalue weighted by molar-refractivity contribution is 6.05. The monoisotopic (exact) mass is 307 g/mol. The third-order valence-corrected chi connectivity index (χ3v) is 4.09. The highest BCUT2D eigenvalue weighted by Crippen LogP contribution is 2.36. The van der Waals surface area contributed by atoms with Crippen molar-refractivity contribution in [3.8, 4) is 0 Å². The lowest BCUT2D eigenvalue weighted by atomic mass is 10.2. The average Bonchev–Trinajstić information content (AvgIpc) is 3.29. The minimum atomic E-state index is -0.200. The molecule has 6 nitrogen and oxygen atoms in total. The number of fused-ring (bicyclic) bond motifs is 1. The lowest BCUT2D eigenvalue weighted by Crippen LogP contribution is -2.13. The van der Waals surface area contributed by atoms with Crippen LogP contribution in [0.15, 0.2) is 30.7 Å². The molecular formula is C17H17N5O. The standard InChI is InChI=1S/C17H17N5O/c1-10-3-6-14(11(2)20-10)21-17(23)12-7-15-16(18-8-12)22(9-19-15)13-4-5-13/h3,6-9,13H,4-5H2,1-2H3,(H,21,23). The molecule has 0 aliphatic heterocycles. The summed E-state index contributed by atoms with van der Waals surface area (Å²) in [6.45, 7) is 3.80. The van der Waals surface area contributed by atoms with Crippen LogP contribution in [0, 0.1) is 13.8 Å². The summed E-state index contributed by atoms with van der Waals surface area (Å²) in [6, 6.07) is 6.05. The molecule has 4 rings (SSSR count). The van der Waals surface area contributed by atoms with E-state index in [1.165, 1.54) is 12.8 Å². The first kappa shape index (κ1) is 13.9. The van der Waals surface area contributed by atoms with Crippen LogP contribution >= 0.6 is 0 Å². The van der Waals surface area contributed by atoms with Crippen LogP contribution in [-0.2, 0) is 0 Å². The van der Waals surface area contributed by atoms with Crippen LogP contribution in [0.3, 0.4) is 0 Å². The molecule has 3 aromatic rings. The van der Waals surface area contributed by atoms with Crippen LogP contribution in [0.2, 0.25) is 0 Å². The fourth-order valence-electron chi connectivity index (χ4n) is 2.68. The largest absolute Gasteiger partial charge is 0.320 e. The Hall–Kier alpha value is -2.76. The molecule has 3 aromatic heterocycles. The first-order chi connectivity index (χ1) is 11.1. The number of aryl methyl sites for hydroxylation is 2. The van der Waals surface area contributed by atoms with Crippen molar-refractivity contribution in [2.75, 3.05) is 5.32 Å². The van der Waals surface area contributed by atoms with E-state index in [2.05, 4.69) is 24.8 Å². The number of hydrogen-bond donors (Lipinski definition) is 1. The van der Waals surface area contributed by atoms with Gasteiger partial charge < -0.3 is 9.88 Å². The second kappa shape index (κ2) is 5.15. The van der Waals surface area contributed by atoms with Crippen LogP contribution in [0.4, 0.5) is 5.69 Å². The molecule has 0 bridgehead atoms. The molecule has 1 saturated carbocycles. The van der Waals surface area contributed by atoms with E-state index >= 15 is 0 Å². The molecule has 6 heteroatoms. The molecule has 1 N–H and O–H groups in total. The molecule has 0 atom stereocenters. The number of anilines is 1. The molecule has 116 valence electrons. The Morgan fingerprint density at radius 1 is 1.26 bits per heavy atom. The van der Waals surface area contributed by atoms with Gasteiger partial charge in [-0.2, -0.15) is 0 Å². The van der Waals surface area contributed by atoms with Gasteiger partial charge in [0.15, 0.2) is 5.65 Å². The van der Waals surface area contributed by atoms with E-state index in [1.807, 2.05) is 32.3 Å². The number of hydrogen-bond acceptors (Lipinski definition) is 4. The average molecular weight is 307 g/mol. The molecule has 1 amide bonds. The molecular weight excluding hydrogens is 290 g/mol. The molecule has 0 spiro atoms. The summed E-state index contributed by atoms with van der Waals surface area (Å²) < 4.78 is 2.09. The molecule has 0 saturated heterocycles. The zero-order chi connectivity index (χ0) is 16.0. The van der Waals surface area contributed by atoms with E-state index in [4.69, 9.17) is 0 Å². The second-order valence-electron chi connectivity index (χ2n) is 5.99. The fourth-order valence-corrected chi connectivity index (χ4v) is 2.68. The van der Waals surface area contributed by atoms with Gasteiger partial charge in [0.1, 0.15) is 5.52 Å². The summed E-state index contributed by atoms with van der Waals surface area (Å²) in [5.74, 6) is -0.200. The van der Waals surface area contributed by atoms with Gasteiger partial charge in [0.05, 0.1) is 23.3 Å². The van der Waals surface area contributed by atoms with Gasteiger partial charge in [-0.05, 0) is 44.9 Å². The van der Waals surface area contributed by atoms with Gasteiger partial charge >= 0.3 is 0 Å². The van der Waals surface area contributed by atoms with Crippen molar-refractivity contribution in [2.24, 2.45) is 0 Å². The molecule has 0 unspecified atom stereocenters. The lowest BCUT2D eigenvalue weighted by Gasteiger charge is -2.08. The Balaban J connectivity index is 1.61. The molecule has 0 radical (unpaired) electrons. The molecule has 3 heterocycles. The van der Waals surface area contributed by atoms with E-state index in [-0.39, 0.29) is 5.91 Å². The van der Waals surface area contributed by atoms with Crippen LogP contribution in [0.25, 0.3) is 11.2 Å². The molecule has 23 heavy (non-hydrogen) atoms.